The summed E-state index contributed by atoms with van der Waals surface area (Å²) < 4.78 is 0. The van der Waals surface area contributed by atoms with E-state index in [-0.39, 0.29) is 68.2 Å². The molecule has 2 saturated heterocycles. The fourth-order valence-corrected chi connectivity index (χ4v) is 6.87. The number of carbonyl (C=O) groups is 6. The summed E-state index contributed by atoms with van der Waals surface area (Å²) in [5, 5.41) is 22.7. The van der Waals surface area contributed by atoms with Crippen molar-refractivity contribution < 1.29 is 39.0 Å². The third-order valence-corrected chi connectivity index (χ3v) is 9.12. The quantitative estimate of drug-likeness (QED) is 0.209. The fourth-order valence-electron chi connectivity index (χ4n) is 3.87. The number of benzene rings is 2. The van der Waals surface area contributed by atoms with Crippen LogP contribution in [0.4, 0.5) is 21.0 Å². The standard InChI is InChI=1S/C26H20N4O8S4/c31-17(27-15-7-3-1-5-13(15)23(33)34)9-11-29-21(39)19(41-25(29)37)20-22(40)30(26(38)42-20)12-10-18(32)28-16-8-4-2-6-14(16)24(35)36/h1-8H,9-12H2,(H,27,31)(H,28,32)(H,33,34)(H,35,36). The topological polar surface area (TPSA) is 173 Å². The van der Waals surface area contributed by atoms with Gasteiger partial charge in [0.1, 0.15) is 9.98 Å². The molecule has 4 amide bonds. The first kappa shape index (κ1) is 30.8. The predicted octanol–water partition coefficient (Wildman–Crippen LogP) is 4.64. The molecule has 2 heterocycles. The Labute approximate surface area is 257 Å². The molecule has 16 heteroatoms. The number of para-hydroxylation sites is 2. The van der Waals surface area contributed by atoms with Crippen LogP contribution in [0.2, 0.25) is 0 Å². The molecule has 2 aromatic rings. The molecule has 0 radical (unpaired) electrons. The van der Waals surface area contributed by atoms with E-state index in [4.69, 9.17) is 24.4 Å². The molecule has 2 fully saturated rings. The minimum Gasteiger partial charge on any atom is -0.478 e. The van der Waals surface area contributed by atoms with Gasteiger partial charge in [0.15, 0.2) is 0 Å². The zero-order chi connectivity index (χ0) is 30.6. The van der Waals surface area contributed by atoms with E-state index in [1.807, 2.05) is 0 Å². The predicted molar refractivity (Wildman–Crippen MR) is 165 cm³/mol. The summed E-state index contributed by atoms with van der Waals surface area (Å²) in [5.41, 5.74) is 0.0803. The van der Waals surface area contributed by atoms with Crippen LogP contribution < -0.4 is 10.6 Å². The monoisotopic (exact) mass is 644 g/mol. The van der Waals surface area contributed by atoms with Crippen molar-refractivity contribution in [2.24, 2.45) is 0 Å². The van der Waals surface area contributed by atoms with Crippen molar-refractivity contribution in [3.05, 3.63) is 69.5 Å². The Morgan fingerprint density at radius 2 is 1.02 bits per heavy atom. The van der Waals surface area contributed by atoms with Crippen molar-refractivity contribution in [1.29, 1.82) is 0 Å². The molecule has 2 aliphatic heterocycles. The van der Waals surface area contributed by atoms with Gasteiger partial charge in [-0.3, -0.25) is 29.0 Å². The number of thiocarbonyl (C=S) groups is 2. The van der Waals surface area contributed by atoms with Crippen molar-refractivity contribution in [3.8, 4) is 0 Å². The number of rotatable bonds is 10. The van der Waals surface area contributed by atoms with Gasteiger partial charge in [0, 0.05) is 25.9 Å². The number of carboxylic acid groups (broad SMARTS) is 2. The van der Waals surface area contributed by atoms with Crippen LogP contribution in [0.1, 0.15) is 33.6 Å². The Balaban J connectivity index is 1.36. The van der Waals surface area contributed by atoms with Gasteiger partial charge in [0.2, 0.25) is 11.8 Å². The maximum atomic E-state index is 12.7. The van der Waals surface area contributed by atoms with Crippen LogP contribution in [-0.4, -0.2) is 77.3 Å². The number of nitrogens with zero attached hydrogens (tertiary/aromatic N) is 2. The SMILES string of the molecule is O=C(CCN1C(=O)SC(=C2SC(=O)N(CCC(=O)Nc3ccccc3C(=O)O)C2=S)C1=S)Nc1ccccc1C(=O)O. The summed E-state index contributed by atoms with van der Waals surface area (Å²) in [4.78, 5) is 76.3. The normalized spacial score (nSPS) is 16.7. The smallest absolute Gasteiger partial charge is 0.337 e. The van der Waals surface area contributed by atoms with Gasteiger partial charge in [-0.1, -0.05) is 48.7 Å². The molecule has 2 aromatic carbocycles. The first-order chi connectivity index (χ1) is 20.0. The van der Waals surface area contributed by atoms with E-state index in [1.54, 1.807) is 12.1 Å². The van der Waals surface area contributed by atoms with Crippen molar-refractivity contribution in [1.82, 2.24) is 9.80 Å². The van der Waals surface area contributed by atoms with E-state index in [0.717, 1.165) is 23.5 Å². The van der Waals surface area contributed by atoms with Gasteiger partial charge in [0.05, 0.1) is 32.3 Å². The summed E-state index contributed by atoms with van der Waals surface area (Å²) in [6.07, 6.45) is -0.350. The molecular weight excluding hydrogens is 625 g/mol. The van der Waals surface area contributed by atoms with Gasteiger partial charge in [-0.2, -0.15) is 0 Å². The lowest BCUT2D eigenvalue weighted by Crippen LogP contribution is -2.32. The van der Waals surface area contributed by atoms with E-state index in [9.17, 15) is 39.0 Å². The molecular formula is C26H20N4O8S4. The van der Waals surface area contributed by atoms with Crippen LogP contribution >= 0.6 is 48.0 Å². The van der Waals surface area contributed by atoms with Gasteiger partial charge < -0.3 is 20.8 Å². The molecule has 2 aliphatic rings. The van der Waals surface area contributed by atoms with E-state index < -0.39 is 34.2 Å². The van der Waals surface area contributed by atoms with Crippen LogP contribution in [0.5, 0.6) is 0 Å². The molecule has 42 heavy (non-hydrogen) atoms. The van der Waals surface area contributed by atoms with Crippen molar-refractivity contribution in [3.63, 3.8) is 0 Å². The lowest BCUT2D eigenvalue weighted by molar-refractivity contribution is -0.117. The van der Waals surface area contributed by atoms with Gasteiger partial charge in [-0.15, -0.1) is 0 Å². The molecule has 12 nitrogen and oxygen atoms in total. The summed E-state index contributed by atoms with van der Waals surface area (Å²) >= 11 is 12.5. The number of hydrogen-bond donors (Lipinski definition) is 4. The Kier molecular flexibility index (Phi) is 9.72. The zero-order valence-corrected chi connectivity index (χ0v) is 24.6. The van der Waals surface area contributed by atoms with E-state index in [1.165, 1.54) is 46.2 Å². The van der Waals surface area contributed by atoms with Gasteiger partial charge in [0.25, 0.3) is 10.5 Å². The van der Waals surface area contributed by atoms with Crippen molar-refractivity contribution in [2.45, 2.75) is 12.8 Å². The second kappa shape index (κ2) is 13.2. The number of anilines is 2. The highest BCUT2D eigenvalue weighted by atomic mass is 32.2. The number of thioether (sulfide) groups is 2. The minimum absolute atomic E-state index is 0.0789. The van der Waals surface area contributed by atoms with Crippen molar-refractivity contribution >= 4 is 104 Å². The molecule has 0 spiro atoms. The van der Waals surface area contributed by atoms with E-state index in [0.29, 0.717) is 0 Å². The average Bonchev–Trinajstić information content (AvgIpc) is 3.39. The maximum Gasteiger partial charge on any atom is 0.337 e. The summed E-state index contributed by atoms with van der Waals surface area (Å²) in [5.74, 6) is -3.46. The molecule has 0 atom stereocenters. The minimum atomic E-state index is -1.20. The van der Waals surface area contributed by atoms with E-state index in [2.05, 4.69) is 10.6 Å². The third kappa shape index (κ3) is 6.84. The lowest BCUT2D eigenvalue weighted by atomic mass is 10.1. The fraction of sp³-hybridized carbons (Fsp3) is 0.154. The Morgan fingerprint density at radius 1 is 0.667 bits per heavy atom. The molecule has 0 bridgehead atoms. The van der Waals surface area contributed by atoms with Crippen LogP contribution in [0.3, 0.4) is 0 Å². The average molecular weight is 645 g/mol. The lowest BCUT2D eigenvalue weighted by Gasteiger charge is -2.16. The number of amides is 4. The first-order valence-electron chi connectivity index (χ1n) is 12.0. The number of carboxylic acids is 2. The zero-order valence-electron chi connectivity index (χ0n) is 21.3. The summed E-state index contributed by atoms with van der Waals surface area (Å²) in [6, 6.07) is 11.8. The molecule has 4 N–H and O–H groups in total. The molecule has 216 valence electrons. The summed E-state index contributed by atoms with van der Waals surface area (Å²) in [7, 11) is 0. The molecule has 0 saturated carbocycles. The number of nitrogens with one attached hydrogen (secondary N) is 2. The number of aromatic carboxylic acids is 2. The highest BCUT2D eigenvalue weighted by Crippen LogP contribution is 2.43. The Hall–Kier alpha value is -4.12. The summed E-state index contributed by atoms with van der Waals surface area (Å²) in [6.45, 7) is -0.175. The second-order valence-corrected chi connectivity index (χ2v) is 11.3. The molecule has 4 rings (SSSR count). The van der Waals surface area contributed by atoms with Gasteiger partial charge in [-0.25, -0.2) is 9.59 Å². The Morgan fingerprint density at radius 3 is 1.38 bits per heavy atom. The highest BCUT2D eigenvalue weighted by Gasteiger charge is 2.41. The number of hydrogen-bond acceptors (Lipinski definition) is 10. The van der Waals surface area contributed by atoms with Crippen LogP contribution in [-0.2, 0) is 9.59 Å². The van der Waals surface area contributed by atoms with E-state index >= 15 is 0 Å². The molecule has 0 unspecified atom stereocenters. The molecule has 0 aromatic heterocycles. The van der Waals surface area contributed by atoms with Crippen LogP contribution in [0.15, 0.2) is 58.3 Å². The van der Waals surface area contributed by atoms with Gasteiger partial charge >= 0.3 is 11.9 Å². The van der Waals surface area contributed by atoms with Crippen molar-refractivity contribution in [2.75, 3.05) is 23.7 Å². The molecule has 0 aliphatic carbocycles. The van der Waals surface area contributed by atoms with Crippen LogP contribution in [0, 0.1) is 0 Å². The first-order valence-corrected chi connectivity index (χ1v) is 14.5. The maximum absolute atomic E-state index is 12.7. The highest BCUT2D eigenvalue weighted by molar-refractivity contribution is 8.23. The Bertz CT molecular complexity index is 1480. The largest absolute Gasteiger partial charge is 0.478 e. The third-order valence-electron chi connectivity index (χ3n) is 5.89. The van der Waals surface area contributed by atoms with Crippen LogP contribution in [0.25, 0.3) is 0 Å². The van der Waals surface area contributed by atoms with Gasteiger partial charge in [-0.05, 0) is 47.8 Å². The second-order valence-electron chi connectivity index (χ2n) is 8.61. The number of carbonyl (C=O) groups excluding carboxylic acids is 4.